The number of benzene rings is 2. The molecule has 0 atom stereocenters. The number of nitrogens with zero attached hydrogens (tertiary/aromatic N) is 2. The summed E-state index contributed by atoms with van der Waals surface area (Å²) in [5.41, 5.74) is 1.40. The first-order valence-corrected chi connectivity index (χ1v) is 11.8. The summed E-state index contributed by atoms with van der Waals surface area (Å²) in [6.07, 6.45) is 0. The van der Waals surface area contributed by atoms with E-state index >= 15 is 0 Å². The van der Waals surface area contributed by atoms with E-state index in [2.05, 4.69) is 5.32 Å². The maximum atomic E-state index is 13.0. The molecule has 0 bridgehead atoms. The molecular weight excluding hydrogens is 422 g/mol. The third kappa shape index (κ3) is 5.41. The fraction of sp³-hybridized carbons (Fsp3) is 0.333. The van der Waals surface area contributed by atoms with E-state index in [4.69, 9.17) is 0 Å². The van der Waals surface area contributed by atoms with Crippen molar-refractivity contribution in [3.63, 3.8) is 0 Å². The van der Waals surface area contributed by atoms with Crippen LogP contribution in [0.15, 0.2) is 52.3 Å². The van der Waals surface area contributed by atoms with Crippen LogP contribution < -0.4 is 5.32 Å². The lowest BCUT2D eigenvalue weighted by Crippen LogP contribution is -2.30. The second-order valence-corrected chi connectivity index (χ2v) is 9.71. The van der Waals surface area contributed by atoms with Crippen molar-refractivity contribution in [3.05, 3.63) is 53.6 Å². The zero-order valence-electron chi connectivity index (χ0n) is 17.8. The van der Waals surface area contributed by atoms with Crippen molar-refractivity contribution in [1.82, 2.24) is 9.21 Å². The lowest BCUT2D eigenvalue weighted by molar-refractivity contribution is 0.102. The van der Waals surface area contributed by atoms with Crippen LogP contribution in [0.3, 0.4) is 0 Å². The van der Waals surface area contributed by atoms with Crippen LogP contribution in [0.25, 0.3) is 0 Å². The first kappa shape index (κ1) is 23.9. The van der Waals surface area contributed by atoms with Crippen LogP contribution in [0, 0.1) is 6.92 Å². The van der Waals surface area contributed by atoms with Crippen LogP contribution in [0.2, 0.25) is 0 Å². The van der Waals surface area contributed by atoms with Gasteiger partial charge in [-0.1, -0.05) is 32.0 Å². The van der Waals surface area contributed by atoms with Gasteiger partial charge in [0.15, 0.2) is 0 Å². The Labute approximate surface area is 182 Å². The molecule has 0 aliphatic carbocycles. The molecular formula is C21H27N3O4S2. The van der Waals surface area contributed by atoms with E-state index in [1.165, 1.54) is 21.3 Å². The minimum absolute atomic E-state index is 0.0763. The highest BCUT2D eigenvalue weighted by molar-refractivity contribution is 8.13. The third-order valence-corrected chi connectivity index (χ3v) is 7.66. The van der Waals surface area contributed by atoms with E-state index in [0.717, 1.165) is 11.8 Å². The summed E-state index contributed by atoms with van der Waals surface area (Å²) in [7, 11) is -0.372. The molecule has 0 aromatic heterocycles. The molecule has 0 aliphatic heterocycles. The zero-order valence-corrected chi connectivity index (χ0v) is 19.4. The molecule has 0 radical (unpaired) electrons. The van der Waals surface area contributed by atoms with Gasteiger partial charge in [-0.2, -0.15) is 4.31 Å². The van der Waals surface area contributed by atoms with Crippen molar-refractivity contribution in [2.75, 3.05) is 32.5 Å². The van der Waals surface area contributed by atoms with Gasteiger partial charge in [0.25, 0.3) is 11.1 Å². The summed E-state index contributed by atoms with van der Waals surface area (Å²) in [6, 6.07) is 11.5. The molecule has 0 fully saturated rings. The predicted octanol–water partition coefficient (Wildman–Crippen LogP) is 4.05. The Morgan fingerprint density at radius 2 is 1.67 bits per heavy atom. The molecule has 1 N–H and O–H groups in total. The van der Waals surface area contributed by atoms with Gasteiger partial charge in [-0.15, -0.1) is 0 Å². The molecule has 0 heterocycles. The normalized spacial score (nSPS) is 11.4. The van der Waals surface area contributed by atoms with Crippen LogP contribution in [0.4, 0.5) is 10.5 Å². The van der Waals surface area contributed by atoms with Crippen LogP contribution in [-0.4, -0.2) is 56.0 Å². The summed E-state index contributed by atoms with van der Waals surface area (Å²) < 4.78 is 27.0. The van der Waals surface area contributed by atoms with E-state index in [0.29, 0.717) is 29.2 Å². The SMILES string of the molecule is CCN(CC)S(=O)(=O)c1ccc(C)c(C(=O)Nc2ccccc2SC(=O)N(C)C)c1. The number of para-hydroxylation sites is 1. The first-order valence-electron chi connectivity index (χ1n) is 9.52. The number of carbonyl (C=O) groups excluding carboxylic acids is 2. The highest BCUT2D eigenvalue weighted by atomic mass is 32.2. The van der Waals surface area contributed by atoms with Crippen molar-refractivity contribution < 1.29 is 18.0 Å². The maximum absolute atomic E-state index is 13.0. The molecule has 0 saturated carbocycles. The number of amides is 2. The van der Waals surface area contributed by atoms with Crippen molar-refractivity contribution in [1.29, 1.82) is 0 Å². The van der Waals surface area contributed by atoms with Crippen molar-refractivity contribution in [2.24, 2.45) is 0 Å². The summed E-state index contributed by atoms with van der Waals surface area (Å²) in [4.78, 5) is 27.2. The Morgan fingerprint density at radius 3 is 2.27 bits per heavy atom. The fourth-order valence-electron chi connectivity index (χ4n) is 2.75. The summed E-state index contributed by atoms with van der Waals surface area (Å²) in [5.74, 6) is -0.436. The molecule has 0 aliphatic rings. The quantitative estimate of drug-likeness (QED) is 0.645. The lowest BCUT2D eigenvalue weighted by atomic mass is 10.1. The number of aryl methyl sites for hydroxylation is 1. The van der Waals surface area contributed by atoms with Gasteiger partial charge in [0.2, 0.25) is 10.0 Å². The van der Waals surface area contributed by atoms with Crippen molar-refractivity contribution >= 4 is 38.6 Å². The Balaban J connectivity index is 2.36. The fourth-order valence-corrected chi connectivity index (χ4v) is 4.98. The van der Waals surface area contributed by atoms with Gasteiger partial charge in [-0.25, -0.2) is 8.42 Å². The first-order chi connectivity index (χ1) is 14.1. The molecule has 0 spiro atoms. The number of thioether (sulfide) groups is 1. The highest BCUT2D eigenvalue weighted by Crippen LogP contribution is 2.29. The van der Waals surface area contributed by atoms with E-state index in [9.17, 15) is 18.0 Å². The number of hydrogen-bond donors (Lipinski definition) is 1. The minimum Gasteiger partial charge on any atom is -0.339 e. The second kappa shape index (κ2) is 10.1. The van der Waals surface area contributed by atoms with Crippen LogP contribution in [-0.2, 0) is 10.0 Å². The number of nitrogens with one attached hydrogen (secondary N) is 1. The van der Waals surface area contributed by atoms with Gasteiger partial charge in [-0.05, 0) is 48.5 Å². The molecule has 2 aromatic rings. The van der Waals surface area contributed by atoms with Gasteiger partial charge in [0, 0.05) is 37.6 Å². The van der Waals surface area contributed by atoms with Gasteiger partial charge in [-0.3, -0.25) is 9.59 Å². The average Bonchev–Trinajstić information content (AvgIpc) is 2.70. The average molecular weight is 450 g/mol. The van der Waals surface area contributed by atoms with Crippen molar-refractivity contribution in [2.45, 2.75) is 30.6 Å². The van der Waals surface area contributed by atoms with Crippen LogP contribution in [0.5, 0.6) is 0 Å². The number of carbonyl (C=O) groups is 2. The smallest absolute Gasteiger partial charge is 0.286 e. The van der Waals surface area contributed by atoms with E-state index in [1.54, 1.807) is 65.2 Å². The van der Waals surface area contributed by atoms with E-state index in [1.807, 2.05) is 0 Å². The summed E-state index contributed by atoms with van der Waals surface area (Å²) >= 11 is 1.01. The number of sulfonamides is 1. The van der Waals surface area contributed by atoms with Crippen molar-refractivity contribution in [3.8, 4) is 0 Å². The molecule has 7 nitrogen and oxygen atoms in total. The Morgan fingerprint density at radius 1 is 1.03 bits per heavy atom. The molecule has 162 valence electrons. The second-order valence-electron chi connectivity index (χ2n) is 6.78. The Kier molecular flexibility index (Phi) is 8.05. The van der Waals surface area contributed by atoms with Gasteiger partial charge >= 0.3 is 0 Å². The highest BCUT2D eigenvalue weighted by Gasteiger charge is 2.24. The number of hydrogen-bond acceptors (Lipinski definition) is 5. The maximum Gasteiger partial charge on any atom is 0.286 e. The van der Waals surface area contributed by atoms with E-state index in [-0.39, 0.29) is 15.7 Å². The third-order valence-electron chi connectivity index (χ3n) is 4.49. The molecule has 0 saturated heterocycles. The number of anilines is 1. The molecule has 30 heavy (non-hydrogen) atoms. The lowest BCUT2D eigenvalue weighted by Gasteiger charge is -2.19. The van der Waals surface area contributed by atoms with Gasteiger partial charge in [0.05, 0.1) is 10.6 Å². The van der Waals surface area contributed by atoms with Gasteiger partial charge in [0.1, 0.15) is 0 Å². The molecule has 2 rings (SSSR count). The van der Waals surface area contributed by atoms with Crippen LogP contribution in [0.1, 0.15) is 29.8 Å². The largest absolute Gasteiger partial charge is 0.339 e. The predicted molar refractivity (Wildman–Crippen MR) is 121 cm³/mol. The Hall–Kier alpha value is -2.36. The zero-order chi connectivity index (χ0) is 22.5. The standard InChI is InChI=1S/C21H27N3O4S2/c1-6-24(7-2)30(27,28)16-13-12-15(3)17(14-16)20(25)22-18-10-8-9-11-19(18)29-21(26)23(4)5/h8-14H,6-7H2,1-5H3,(H,22,25). The van der Waals surface area contributed by atoms with E-state index < -0.39 is 15.9 Å². The molecule has 9 heteroatoms. The Bertz CT molecular complexity index is 1030. The molecule has 2 aromatic carbocycles. The molecule has 2 amide bonds. The summed E-state index contributed by atoms with van der Waals surface area (Å²) in [5, 5.41) is 2.64. The summed E-state index contributed by atoms with van der Waals surface area (Å²) in [6.45, 7) is 5.98. The monoisotopic (exact) mass is 449 g/mol. The topological polar surface area (TPSA) is 86.8 Å². The van der Waals surface area contributed by atoms with Gasteiger partial charge < -0.3 is 10.2 Å². The molecule has 0 unspecified atom stereocenters. The number of rotatable bonds is 7. The minimum atomic E-state index is -3.68. The van der Waals surface area contributed by atoms with Crippen LogP contribution >= 0.6 is 11.8 Å².